The van der Waals surface area contributed by atoms with Gasteiger partial charge in [-0.2, -0.15) is 0 Å². The molecule has 0 radical (unpaired) electrons. The van der Waals surface area contributed by atoms with Gasteiger partial charge in [0.15, 0.2) is 5.82 Å². The fraction of sp³-hybridized carbons (Fsp3) is 0.500. The van der Waals surface area contributed by atoms with Crippen LogP contribution >= 0.6 is 0 Å². The molecule has 0 saturated carbocycles. The van der Waals surface area contributed by atoms with Crippen molar-refractivity contribution < 1.29 is 9.18 Å². The largest absolute Gasteiger partial charge is 0.339 e. The molecule has 3 nitrogen and oxygen atoms in total. The minimum atomic E-state index is -0.536. The Labute approximate surface area is 94.3 Å². The maximum absolute atomic E-state index is 13.4. The SMILES string of the molecule is CC1CCN(C(=O)c2ccncc2F)CC1. The van der Waals surface area contributed by atoms with Crippen LogP contribution in [0.15, 0.2) is 18.5 Å². The van der Waals surface area contributed by atoms with Gasteiger partial charge in [0.25, 0.3) is 5.91 Å². The van der Waals surface area contributed by atoms with Crippen LogP contribution in [0.25, 0.3) is 0 Å². The molecule has 1 fully saturated rings. The molecule has 86 valence electrons. The summed E-state index contributed by atoms with van der Waals surface area (Å²) in [6, 6.07) is 1.44. The molecule has 0 bridgehead atoms. The lowest BCUT2D eigenvalue weighted by molar-refractivity contribution is 0.0692. The number of aromatic nitrogens is 1. The molecule has 0 spiro atoms. The third-order valence-corrected chi connectivity index (χ3v) is 3.07. The number of amides is 1. The molecule has 0 atom stereocenters. The summed E-state index contributed by atoms with van der Waals surface area (Å²) in [7, 11) is 0. The lowest BCUT2D eigenvalue weighted by Crippen LogP contribution is -2.38. The van der Waals surface area contributed by atoms with Gasteiger partial charge in [0, 0.05) is 19.3 Å². The summed E-state index contributed by atoms with van der Waals surface area (Å²) in [6.07, 6.45) is 4.53. The molecule has 4 heteroatoms. The second-order valence-electron chi connectivity index (χ2n) is 4.33. The first-order valence-corrected chi connectivity index (χ1v) is 5.57. The van der Waals surface area contributed by atoms with Crippen molar-refractivity contribution in [3.05, 3.63) is 29.8 Å². The first kappa shape index (κ1) is 11.0. The van der Waals surface area contributed by atoms with E-state index in [1.54, 1.807) is 4.90 Å². The van der Waals surface area contributed by atoms with Crippen molar-refractivity contribution in [2.24, 2.45) is 5.92 Å². The van der Waals surface area contributed by atoms with Crippen LogP contribution in [0.2, 0.25) is 0 Å². The smallest absolute Gasteiger partial charge is 0.256 e. The zero-order valence-electron chi connectivity index (χ0n) is 9.32. The molecule has 2 heterocycles. The number of piperidine rings is 1. The average molecular weight is 222 g/mol. The Bertz CT molecular complexity index is 386. The molecule has 0 aliphatic carbocycles. The van der Waals surface area contributed by atoms with Gasteiger partial charge >= 0.3 is 0 Å². The van der Waals surface area contributed by atoms with E-state index in [9.17, 15) is 9.18 Å². The van der Waals surface area contributed by atoms with Gasteiger partial charge in [0.05, 0.1) is 11.8 Å². The highest BCUT2D eigenvalue weighted by Crippen LogP contribution is 2.18. The van der Waals surface area contributed by atoms with Crippen molar-refractivity contribution in [1.82, 2.24) is 9.88 Å². The average Bonchev–Trinajstić information content (AvgIpc) is 2.30. The van der Waals surface area contributed by atoms with Crippen LogP contribution in [-0.2, 0) is 0 Å². The lowest BCUT2D eigenvalue weighted by Gasteiger charge is -2.30. The van der Waals surface area contributed by atoms with Gasteiger partial charge in [0.1, 0.15) is 0 Å². The lowest BCUT2D eigenvalue weighted by atomic mass is 9.99. The van der Waals surface area contributed by atoms with Crippen LogP contribution in [-0.4, -0.2) is 28.9 Å². The van der Waals surface area contributed by atoms with E-state index in [0.717, 1.165) is 32.1 Å². The highest BCUT2D eigenvalue weighted by atomic mass is 19.1. The van der Waals surface area contributed by atoms with Gasteiger partial charge in [0.2, 0.25) is 0 Å². The Morgan fingerprint density at radius 3 is 2.81 bits per heavy atom. The van der Waals surface area contributed by atoms with Gasteiger partial charge in [-0.1, -0.05) is 6.92 Å². The quantitative estimate of drug-likeness (QED) is 0.729. The second-order valence-corrected chi connectivity index (χ2v) is 4.33. The summed E-state index contributed by atoms with van der Waals surface area (Å²) in [4.78, 5) is 17.3. The van der Waals surface area contributed by atoms with E-state index in [4.69, 9.17) is 0 Å². The fourth-order valence-corrected chi connectivity index (χ4v) is 1.93. The first-order chi connectivity index (χ1) is 7.68. The fourth-order valence-electron chi connectivity index (χ4n) is 1.93. The zero-order chi connectivity index (χ0) is 11.5. The van der Waals surface area contributed by atoms with E-state index < -0.39 is 5.82 Å². The number of carbonyl (C=O) groups excluding carboxylic acids is 1. The molecule has 1 saturated heterocycles. The number of hydrogen-bond donors (Lipinski definition) is 0. The number of likely N-dealkylation sites (tertiary alicyclic amines) is 1. The van der Waals surface area contributed by atoms with E-state index in [1.165, 1.54) is 12.3 Å². The normalized spacial score (nSPS) is 17.5. The molecular weight excluding hydrogens is 207 g/mol. The summed E-state index contributed by atoms with van der Waals surface area (Å²) in [5.74, 6) is -0.0933. The van der Waals surface area contributed by atoms with Crippen LogP contribution in [0.1, 0.15) is 30.1 Å². The Morgan fingerprint density at radius 2 is 2.19 bits per heavy atom. The summed E-state index contributed by atoms with van der Waals surface area (Å²) >= 11 is 0. The van der Waals surface area contributed by atoms with E-state index >= 15 is 0 Å². The molecule has 16 heavy (non-hydrogen) atoms. The van der Waals surface area contributed by atoms with Crippen molar-refractivity contribution in [3.63, 3.8) is 0 Å². The van der Waals surface area contributed by atoms with E-state index in [0.29, 0.717) is 5.92 Å². The number of pyridine rings is 1. The number of rotatable bonds is 1. The number of nitrogens with zero attached hydrogens (tertiary/aromatic N) is 2. The van der Waals surface area contributed by atoms with E-state index in [1.807, 2.05) is 0 Å². The summed E-state index contributed by atoms with van der Waals surface area (Å²) in [5.41, 5.74) is 0.129. The van der Waals surface area contributed by atoms with Gasteiger partial charge in [-0.15, -0.1) is 0 Å². The monoisotopic (exact) mass is 222 g/mol. The highest BCUT2D eigenvalue weighted by molar-refractivity contribution is 5.94. The number of hydrogen-bond acceptors (Lipinski definition) is 2. The standard InChI is InChI=1S/C12H15FN2O/c1-9-3-6-15(7-4-9)12(16)10-2-5-14-8-11(10)13/h2,5,8-9H,3-4,6-7H2,1H3. The third-order valence-electron chi connectivity index (χ3n) is 3.07. The minimum absolute atomic E-state index is 0.129. The Balaban J connectivity index is 2.11. The van der Waals surface area contributed by atoms with Crippen LogP contribution < -0.4 is 0 Å². The van der Waals surface area contributed by atoms with Crippen molar-refractivity contribution in [1.29, 1.82) is 0 Å². The molecule has 0 unspecified atom stereocenters. The van der Waals surface area contributed by atoms with E-state index in [2.05, 4.69) is 11.9 Å². The second kappa shape index (κ2) is 4.60. The van der Waals surface area contributed by atoms with Crippen LogP contribution in [0.5, 0.6) is 0 Å². The predicted octanol–water partition coefficient (Wildman–Crippen LogP) is 2.09. The third kappa shape index (κ3) is 2.21. The zero-order valence-corrected chi connectivity index (χ0v) is 9.32. The van der Waals surface area contributed by atoms with Gasteiger partial charge in [-0.3, -0.25) is 9.78 Å². The molecular formula is C12H15FN2O. The van der Waals surface area contributed by atoms with Crippen molar-refractivity contribution in [3.8, 4) is 0 Å². The molecule has 0 aromatic carbocycles. The van der Waals surface area contributed by atoms with Gasteiger partial charge in [-0.25, -0.2) is 4.39 Å². The van der Waals surface area contributed by atoms with Crippen molar-refractivity contribution >= 4 is 5.91 Å². The predicted molar refractivity (Wildman–Crippen MR) is 58.5 cm³/mol. The molecule has 0 N–H and O–H groups in total. The Hall–Kier alpha value is -1.45. The van der Waals surface area contributed by atoms with Gasteiger partial charge < -0.3 is 4.90 Å². The van der Waals surface area contributed by atoms with Crippen LogP contribution in [0, 0.1) is 11.7 Å². The Kier molecular flexibility index (Phi) is 3.17. The molecule has 1 aromatic heterocycles. The molecule has 1 amide bonds. The maximum atomic E-state index is 13.4. The Morgan fingerprint density at radius 1 is 1.50 bits per heavy atom. The summed E-state index contributed by atoms with van der Waals surface area (Å²) < 4.78 is 13.4. The van der Waals surface area contributed by atoms with Crippen molar-refractivity contribution in [2.75, 3.05) is 13.1 Å². The maximum Gasteiger partial charge on any atom is 0.256 e. The molecule has 1 aliphatic heterocycles. The van der Waals surface area contributed by atoms with Crippen molar-refractivity contribution in [2.45, 2.75) is 19.8 Å². The topological polar surface area (TPSA) is 33.2 Å². The highest BCUT2D eigenvalue weighted by Gasteiger charge is 2.23. The number of carbonyl (C=O) groups is 1. The minimum Gasteiger partial charge on any atom is -0.339 e. The van der Waals surface area contributed by atoms with Crippen LogP contribution in [0.3, 0.4) is 0 Å². The van der Waals surface area contributed by atoms with Gasteiger partial charge in [-0.05, 0) is 24.8 Å². The molecule has 2 rings (SSSR count). The number of halogens is 1. The molecule has 1 aliphatic rings. The van der Waals surface area contributed by atoms with E-state index in [-0.39, 0.29) is 11.5 Å². The van der Waals surface area contributed by atoms with Crippen LogP contribution in [0.4, 0.5) is 4.39 Å². The summed E-state index contributed by atoms with van der Waals surface area (Å²) in [6.45, 7) is 3.62. The summed E-state index contributed by atoms with van der Waals surface area (Å²) in [5, 5.41) is 0. The first-order valence-electron chi connectivity index (χ1n) is 5.57. The molecule has 1 aromatic rings.